The van der Waals surface area contributed by atoms with Crippen molar-refractivity contribution in [1.29, 1.82) is 0 Å². The number of fused-ring (bicyclic) bond motifs is 1. The summed E-state index contributed by atoms with van der Waals surface area (Å²) < 4.78 is 39.9. The van der Waals surface area contributed by atoms with Crippen LogP contribution in [0.2, 0.25) is 0 Å². The molecule has 122 valence electrons. The number of halogens is 1. The Kier molecular flexibility index (Phi) is 4.22. The molecule has 5 nitrogen and oxygen atoms in total. The van der Waals surface area contributed by atoms with Crippen molar-refractivity contribution in [2.24, 2.45) is 0 Å². The Labute approximate surface area is 137 Å². The summed E-state index contributed by atoms with van der Waals surface area (Å²) in [6, 6.07) is 5.20. The van der Waals surface area contributed by atoms with Crippen LogP contribution in [0.15, 0.2) is 34.5 Å². The van der Waals surface area contributed by atoms with Crippen molar-refractivity contribution in [2.45, 2.75) is 17.9 Å². The van der Waals surface area contributed by atoms with E-state index < -0.39 is 21.7 Å². The summed E-state index contributed by atoms with van der Waals surface area (Å²) in [5.41, 5.74) is 0.842. The van der Waals surface area contributed by atoms with Crippen LogP contribution in [-0.4, -0.2) is 32.8 Å². The molecule has 1 amide bonds. The highest BCUT2D eigenvalue weighted by atomic mass is 32.2. The van der Waals surface area contributed by atoms with Gasteiger partial charge < -0.3 is 4.90 Å². The fourth-order valence-corrected chi connectivity index (χ4v) is 4.19. The summed E-state index contributed by atoms with van der Waals surface area (Å²) in [7, 11) is -2.46. The van der Waals surface area contributed by atoms with Crippen molar-refractivity contribution in [3.63, 3.8) is 0 Å². The van der Waals surface area contributed by atoms with Gasteiger partial charge in [-0.05, 0) is 48.7 Å². The number of hydrogen-bond donors (Lipinski definition) is 1. The summed E-state index contributed by atoms with van der Waals surface area (Å²) in [5.74, 6) is -1.21. The Balaban J connectivity index is 1.92. The second kappa shape index (κ2) is 6.03. The molecule has 1 aliphatic rings. The summed E-state index contributed by atoms with van der Waals surface area (Å²) >= 11 is 1.65. The zero-order valence-corrected chi connectivity index (χ0v) is 14.0. The molecule has 1 aromatic heterocycles. The minimum absolute atomic E-state index is 0.127. The van der Waals surface area contributed by atoms with Crippen molar-refractivity contribution in [3.05, 3.63) is 51.5 Å². The quantitative estimate of drug-likeness (QED) is 0.917. The molecular formula is C15H15FN2O3S2. The first-order chi connectivity index (χ1) is 10.9. The maximum Gasteiger partial charge on any atom is 0.257 e. The van der Waals surface area contributed by atoms with E-state index in [9.17, 15) is 17.6 Å². The van der Waals surface area contributed by atoms with Crippen LogP contribution in [0.5, 0.6) is 0 Å². The lowest BCUT2D eigenvalue weighted by molar-refractivity contribution is 0.0731. The molecule has 0 unspecified atom stereocenters. The first-order valence-corrected chi connectivity index (χ1v) is 9.36. The standard InChI is InChI=1S/C15H15FN2O3S2/c1-17-23(20,21)11-2-3-13(16)12(8-11)15(19)18-6-4-14-10(9-18)5-7-22-14/h2-3,5,7-8,17H,4,6,9H2,1H3. The first kappa shape index (κ1) is 16.1. The summed E-state index contributed by atoms with van der Waals surface area (Å²) in [5, 5.41) is 1.97. The molecule has 2 aromatic rings. The number of sulfonamides is 1. The SMILES string of the molecule is CNS(=O)(=O)c1ccc(F)c(C(=O)N2CCc3sccc3C2)c1. The van der Waals surface area contributed by atoms with E-state index in [2.05, 4.69) is 4.72 Å². The fourth-order valence-electron chi connectivity index (χ4n) is 2.55. The van der Waals surface area contributed by atoms with Gasteiger partial charge in [-0.3, -0.25) is 4.79 Å². The molecule has 2 heterocycles. The Morgan fingerprint density at radius 1 is 1.35 bits per heavy atom. The smallest absolute Gasteiger partial charge is 0.257 e. The van der Waals surface area contributed by atoms with E-state index in [-0.39, 0.29) is 10.5 Å². The average Bonchev–Trinajstić information content (AvgIpc) is 3.02. The molecule has 0 fully saturated rings. The lowest BCUT2D eigenvalue weighted by Gasteiger charge is -2.27. The zero-order chi connectivity index (χ0) is 16.6. The van der Waals surface area contributed by atoms with Crippen molar-refractivity contribution in [3.8, 4) is 0 Å². The van der Waals surface area contributed by atoms with Gasteiger partial charge in [0.15, 0.2) is 0 Å². The molecular weight excluding hydrogens is 339 g/mol. The molecule has 1 N–H and O–H groups in total. The topological polar surface area (TPSA) is 66.5 Å². The lowest BCUT2D eigenvalue weighted by atomic mass is 10.1. The highest BCUT2D eigenvalue weighted by molar-refractivity contribution is 7.89. The van der Waals surface area contributed by atoms with Crippen LogP contribution < -0.4 is 4.72 Å². The van der Waals surface area contributed by atoms with E-state index in [4.69, 9.17) is 0 Å². The molecule has 8 heteroatoms. The second-order valence-electron chi connectivity index (χ2n) is 5.19. The number of rotatable bonds is 3. The van der Waals surface area contributed by atoms with Gasteiger partial charge in [-0.25, -0.2) is 17.5 Å². The van der Waals surface area contributed by atoms with E-state index in [1.165, 1.54) is 11.9 Å². The summed E-state index contributed by atoms with van der Waals surface area (Å²) in [4.78, 5) is 15.2. The Morgan fingerprint density at radius 2 is 2.13 bits per heavy atom. The average molecular weight is 354 g/mol. The van der Waals surface area contributed by atoms with E-state index in [1.54, 1.807) is 16.2 Å². The third kappa shape index (κ3) is 3.01. The molecule has 0 saturated heterocycles. The summed E-state index contributed by atoms with van der Waals surface area (Å²) in [6.45, 7) is 0.912. The van der Waals surface area contributed by atoms with Gasteiger partial charge >= 0.3 is 0 Å². The number of hydrogen-bond acceptors (Lipinski definition) is 4. The minimum Gasteiger partial charge on any atom is -0.334 e. The molecule has 0 bridgehead atoms. The molecule has 23 heavy (non-hydrogen) atoms. The van der Waals surface area contributed by atoms with Gasteiger partial charge in [0.2, 0.25) is 10.0 Å². The van der Waals surface area contributed by atoms with Gasteiger partial charge in [-0.1, -0.05) is 0 Å². The number of thiophene rings is 1. The number of nitrogens with zero attached hydrogens (tertiary/aromatic N) is 1. The maximum atomic E-state index is 14.0. The van der Waals surface area contributed by atoms with Gasteiger partial charge in [0.25, 0.3) is 5.91 Å². The third-order valence-electron chi connectivity index (χ3n) is 3.84. The van der Waals surface area contributed by atoms with Crippen LogP contribution in [-0.2, 0) is 23.0 Å². The molecule has 1 aromatic carbocycles. The predicted molar refractivity (Wildman–Crippen MR) is 85.4 cm³/mol. The molecule has 0 radical (unpaired) electrons. The number of nitrogens with one attached hydrogen (secondary N) is 1. The zero-order valence-electron chi connectivity index (χ0n) is 12.4. The molecule has 3 rings (SSSR count). The molecule has 0 atom stereocenters. The first-order valence-electron chi connectivity index (χ1n) is 7.00. The molecule has 0 saturated carbocycles. The molecule has 0 spiro atoms. The Hall–Kier alpha value is -1.77. The molecule has 0 aliphatic carbocycles. The van der Waals surface area contributed by atoms with Gasteiger partial charge in [-0.15, -0.1) is 11.3 Å². The van der Waals surface area contributed by atoms with Crippen LogP contribution in [0.1, 0.15) is 20.8 Å². The van der Waals surface area contributed by atoms with E-state index >= 15 is 0 Å². The van der Waals surface area contributed by atoms with E-state index in [0.29, 0.717) is 13.1 Å². The van der Waals surface area contributed by atoms with Crippen LogP contribution >= 0.6 is 11.3 Å². The largest absolute Gasteiger partial charge is 0.334 e. The highest BCUT2D eigenvalue weighted by Crippen LogP contribution is 2.26. The minimum atomic E-state index is -3.73. The number of benzene rings is 1. The molecule has 1 aliphatic heterocycles. The van der Waals surface area contributed by atoms with Gasteiger partial charge in [-0.2, -0.15) is 0 Å². The van der Waals surface area contributed by atoms with Crippen LogP contribution in [0.4, 0.5) is 4.39 Å². The van der Waals surface area contributed by atoms with Crippen LogP contribution in [0.25, 0.3) is 0 Å². The number of amides is 1. The highest BCUT2D eigenvalue weighted by Gasteiger charge is 2.26. The normalized spacial score (nSPS) is 14.6. The van der Waals surface area contributed by atoms with Crippen LogP contribution in [0.3, 0.4) is 0 Å². The van der Waals surface area contributed by atoms with E-state index in [0.717, 1.165) is 30.2 Å². The Morgan fingerprint density at radius 3 is 2.87 bits per heavy atom. The van der Waals surface area contributed by atoms with Crippen molar-refractivity contribution in [1.82, 2.24) is 9.62 Å². The van der Waals surface area contributed by atoms with Crippen molar-refractivity contribution >= 4 is 27.3 Å². The van der Waals surface area contributed by atoms with Crippen molar-refractivity contribution < 1.29 is 17.6 Å². The van der Waals surface area contributed by atoms with E-state index in [1.807, 2.05) is 11.4 Å². The Bertz CT molecular complexity index is 861. The summed E-state index contributed by atoms with van der Waals surface area (Å²) in [6.07, 6.45) is 0.731. The fraction of sp³-hybridized carbons (Fsp3) is 0.267. The third-order valence-corrected chi connectivity index (χ3v) is 6.28. The van der Waals surface area contributed by atoms with Gasteiger partial charge in [0, 0.05) is 18.0 Å². The predicted octanol–water partition coefficient (Wildman–Crippen LogP) is 1.99. The number of carbonyl (C=O) groups excluding carboxylic acids is 1. The monoisotopic (exact) mass is 354 g/mol. The van der Waals surface area contributed by atoms with Gasteiger partial charge in [0.1, 0.15) is 5.82 Å². The second-order valence-corrected chi connectivity index (χ2v) is 8.08. The number of carbonyl (C=O) groups is 1. The lowest BCUT2D eigenvalue weighted by Crippen LogP contribution is -2.36. The maximum absolute atomic E-state index is 14.0. The van der Waals surface area contributed by atoms with Crippen LogP contribution in [0, 0.1) is 5.82 Å². The van der Waals surface area contributed by atoms with Gasteiger partial charge in [0.05, 0.1) is 10.5 Å². The van der Waals surface area contributed by atoms with Crippen molar-refractivity contribution in [2.75, 3.05) is 13.6 Å².